The van der Waals surface area contributed by atoms with Gasteiger partial charge in [0.1, 0.15) is 5.82 Å². The SMILES string of the molecule is CSCCC(C)N(C)c1ncc(C)cc1Br. The fraction of sp³-hybridized carbons (Fsp3) is 0.583. The maximum absolute atomic E-state index is 4.48. The highest BCUT2D eigenvalue weighted by Crippen LogP contribution is 2.25. The molecule has 90 valence electrons. The van der Waals surface area contributed by atoms with Gasteiger partial charge in [0, 0.05) is 19.3 Å². The lowest BCUT2D eigenvalue weighted by atomic mass is 10.2. The van der Waals surface area contributed by atoms with Gasteiger partial charge in [0.05, 0.1) is 4.47 Å². The zero-order valence-electron chi connectivity index (χ0n) is 10.3. The van der Waals surface area contributed by atoms with Crippen molar-refractivity contribution in [2.75, 3.05) is 24.0 Å². The summed E-state index contributed by atoms with van der Waals surface area (Å²) >= 11 is 5.47. The molecule has 0 bridgehead atoms. The van der Waals surface area contributed by atoms with Crippen LogP contribution < -0.4 is 4.90 Å². The van der Waals surface area contributed by atoms with Gasteiger partial charge in [-0.3, -0.25) is 0 Å². The van der Waals surface area contributed by atoms with Crippen LogP contribution in [0.2, 0.25) is 0 Å². The molecule has 1 heterocycles. The van der Waals surface area contributed by atoms with Crippen molar-refractivity contribution in [3.63, 3.8) is 0 Å². The van der Waals surface area contributed by atoms with Crippen molar-refractivity contribution in [3.8, 4) is 0 Å². The Balaban J connectivity index is 2.75. The summed E-state index contributed by atoms with van der Waals surface area (Å²) in [5.41, 5.74) is 1.18. The molecule has 0 aliphatic heterocycles. The molecule has 16 heavy (non-hydrogen) atoms. The van der Waals surface area contributed by atoms with Crippen LogP contribution in [0.4, 0.5) is 5.82 Å². The Morgan fingerprint density at radius 1 is 1.56 bits per heavy atom. The van der Waals surface area contributed by atoms with Gasteiger partial charge in [0.25, 0.3) is 0 Å². The van der Waals surface area contributed by atoms with E-state index in [9.17, 15) is 0 Å². The second kappa shape index (κ2) is 6.50. The summed E-state index contributed by atoms with van der Waals surface area (Å²) in [6, 6.07) is 2.62. The number of halogens is 1. The summed E-state index contributed by atoms with van der Waals surface area (Å²) in [5, 5.41) is 0. The third-order valence-electron chi connectivity index (χ3n) is 2.69. The van der Waals surface area contributed by atoms with Gasteiger partial charge >= 0.3 is 0 Å². The maximum atomic E-state index is 4.48. The minimum Gasteiger partial charge on any atom is -0.356 e. The van der Waals surface area contributed by atoms with Crippen molar-refractivity contribution in [2.24, 2.45) is 0 Å². The van der Waals surface area contributed by atoms with Crippen LogP contribution >= 0.6 is 27.7 Å². The number of aromatic nitrogens is 1. The van der Waals surface area contributed by atoms with E-state index in [1.54, 1.807) is 0 Å². The molecular weight excluding hydrogens is 284 g/mol. The average molecular weight is 303 g/mol. The van der Waals surface area contributed by atoms with Crippen molar-refractivity contribution < 1.29 is 0 Å². The largest absolute Gasteiger partial charge is 0.356 e. The molecular formula is C12H19BrN2S. The number of aryl methyl sites for hydroxylation is 1. The van der Waals surface area contributed by atoms with Crippen LogP contribution in [0.25, 0.3) is 0 Å². The van der Waals surface area contributed by atoms with Gasteiger partial charge < -0.3 is 4.90 Å². The molecule has 0 aliphatic carbocycles. The van der Waals surface area contributed by atoms with E-state index in [-0.39, 0.29) is 0 Å². The van der Waals surface area contributed by atoms with Crippen LogP contribution in [0.3, 0.4) is 0 Å². The standard InChI is InChI=1S/C12H19BrN2S/c1-9-7-11(13)12(14-8-9)15(3)10(2)5-6-16-4/h7-8,10H,5-6H2,1-4H3. The summed E-state index contributed by atoms with van der Waals surface area (Å²) in [4.78, 5) is 6.71. The quantitative estimate of drug-likeness (QED) is 0.824. The Labute approximate surface area is 111 Å². The number of thioether (sulfide) groups is 1. The van der Waals surface area contributed by atoms with Crippen molar-refractivity contribution in [1.82, 2.24) is 4.98 Å². The molecule has 0 saturated carbocycles. The molecule has 0 N–H and O–H groups in total. The number of rotatable bonds is 5. The Morgan fingerprint density at radius 2 is 2.25 bits per heavy atom. The second-order valence-corrected chi connectivity index (χ2v) is 5.90. The van der Waals surface area contributed by atoms with Crippen molar-refractivity contribution in [3.05, 3.63) is 22.3 Å². The van der Waals surface area contributed by atoms with Gasteiger partial charge in [-0.05, 0) is 59.8 Å². The van der Waals surface area contributed by atoms with Crippen molar-refractivity contribution in [2.45, 2.75) is 26.3 Å². The normalized spacial score (nSPS) is 12.6. The van der Waals surface area contributed by atoms with E-state index in [1.165, 1.54) is 17.7 Å². The first-order valence-corrected chi connectivity index (χ1v) is 7.59. The fourth-order valence-electron chi connectivity index (χ4n) is 1.48. The highest BCUT2D eigenvalue weighted by molar-refractivity contribution is 9.10. The topological polar surface area (TPSA) is 16.1 Å². The van der Waals surface area contributed by atoms with Crippen LogP contribution in [0, 0.1) is 6.92 Å². The van der Waals surface area contributed by atoms with E-state index in [0.29, 0.717) is 6.04 Å². The fourth-order valence-corrected chi connectivity index (χ4v) is 2.80. The number of anilines is 1. The van der Waals surface area contributed by atoms with E-state index < -0.39 is 0 Å². The van der Waals surface area contributed by atoms with Crippen LogP contribution in [0.1, 0.15) is 18.9 Å². The molecule has 0 spiro atoms. The van der Waals surface area contributed by atoms with Gasteiger partial charge in [-0.1, -0.05) is 0 Å². The minimum atomic E-state index is 0.513. The number of hydrogen-bond donors (Lipinski definition) is 0. The Bertz CT molecular complexity index is 344. The Kier molecular flexibility index (Phi) is 5.62. The van der Waals surface area contributed by atoms with E-state index in [2.05, 4.69) is 59.0 Å². The molecule has 0 radical (unpaired) electrons. The van der Waals surface area contributed by atoms with Gasteiger partial charge in [0.2, 0.25) is 0 Å². The molecule has 0 amide bonds. The average Bonchev–Trinajstić information content (AvgIpc) is 2.25. The minimum absolute atomic E-state index is 0.513. The molecule has 2 nitrogen and oxygen atoms in total. The maximum Gasteiger partial charge on any atom is 0.142 e. The Morgan fingerprint density at radius 3 is 2.81 bits per heavy atom. The van der Waals surface area contributed by atoms with E-state index in [4.69, 9.17) is 0 Å². The molecule has 0 aliphatic rings. The lowest BCUT2D eigenvalue weighted by Gasteiger charge is -2.26. The lowest BCUT2D eigenvalue weighted by Crippen LogP contribution is -2.30. The van der Waals surface area contributed by atoms with Crippen LogP contribution in [-0.2, 0) is 0 Å². The third kappa shape index (κ3) is 3.67. The smallest absolute Gasteiger partial charge is 0.142 e. The summed E-state index contributed by atoms with van der Waals surface area (Å²) in [5.74, 6) is 2.22. The second-order valence-electron chi connectivity index (χ2n) is 4.06. The summed E-state index contributed by atoms with van der Waals surface area (Å²) in [7, 11) is 2.10. The first kappa shape index (κ1) is 13.8. The summed E-state index contributed by atoms with van der Waals surface area (Å²) in [6.07, 6.45) is 5.24. The van der Waals surface area contributed by atoms with Gasteiger partial charge in [-0.15, -0.1) is 0 Å². The number of nitrogens with zero attached hydrogens (tertiary/aromatic N) is 2. The monoisotopic (exact) mass is 302 g/mol. The lowest BCUT2D eigenvalue weighted by molar-refractivity contribution is 0.661. The first-order chi connectivity index (χ1) is 7.56. The van der Waals surface area contributed by atoms with Gasteiger partial charge in [-0.2, -0.15) is 11.8 Å². The Hall–Kier alpha value is -0.220. The molecule has 4 heteroatoms. The predicted molar refractivity (Wildman–Crippen MR) is 77.5 cm³/mol. The molecule has 1 unspecified atom stereocenters. The highest BCUT2D eigenvalue weighted by Gasteiger charge is 2.13. The first-order valence-electron chi connectivity index (χ1n) is 5.40. The molecule has 0 aromatic carbocycles. The van der Waals surface area contributed by atoms with E-state index >= 15 is 0 Å². The zero-order valence-corrected chi connectivity index (χ0v) is 12.7. The van der Waals surface area contributed by atoms with Crippen molar-refractivity contribution >= 4 is 33.5 Å². The number of pyridine rings is 1. The zero-order chi connectivity index (χ0) is 12.1. The van der Waals surface area contributed by atoms with Gasteiger partial charge in [0.15, 0.2) is 0 Å². The highest BCUT2D eigenvalue weighted by atomic mass is 79.9. The van der Waals surface area contributed by atoms with Crippen LogP contribution in [-0.4, -0.2) is 30.1 Å². The molecule has 0 saturated heterocycles. The van der Waals surface area contributed by atoms with Gasteiger partial charge in [-0.25, -0.2) is 4.98 Å². The molecule has 0 fully saturated rings. The molecule has 1 atom stereocenters. The van der Waals surface area contributed by atoms with E-state index in [0.717, 1.165) is 10.3 Å². The van der Waals surface area contributed by atoms with Crippen LogP contribution in [0.5, 0.6) is 0 Å². The molecule has 1 rings (SSSR count). The molecule has 1 aromatic rings. The predicted octanol–water partition coefficient (Wildman–Crippen LogP) is 3.73. The van der Waals surface area contributed by atoms with Crippen molar-refractivity contribution in [1.29, 1.82) is 0 Å². The summed E-state index contributed by atoms with van der Waals surface area (Å²) < 4.78 is 1.08. The number of hydrogen-bond acceptors (Lipinski definition) is 3. The third-order valence-corrected chi connectivity index (χ3v) is 3.92. The summed E-state index contributed by atoms with van der Waals surface area (Å²) in [6.45, 7) is 4.29. The molecule has 1 aromatic heterocycles. The van der Waals surface area contributed by atoms with Crippen LogP contribution in [0.15, 0.2) is 16.7 Å². The van der Waals surface area contributed by atoms with E-state index in [1.807, 2.05) is 18.0 Å².